The van der Waals surface area contributed by atoms with Gasteiger partial charge in [-0.2, -0.15) is 0 Å². The molecule has 0 aliphatic carbocycles. The molecule has 0 aromatic carbocycles. The summed E-state index contributed by atoms with van der Waals surface area (Å²) >= 11 is 1.53. The van der Waals surface area contributed by atoms with E-state index < -0.39 is 0 Å². The van der Waals surface area contributed by atoms with Gasteiger partial charge in [-0.1, -0.05) is 0 Å². The molecule has 0 atom stereocenters. The van der Waals surface area contributed by atoms with Crippen LogP contribution < -0.4 is 5.32 Å². The first-order valence-corrected chi connectivity index (χ1v) is 5.16. The van der Waals surface area contributed by atoms with E-state index in [0.29, 0.717) is 6.42 Å². The zero-order valence-electron chi connectivity index (χ0n) is 8.13. The second kappa shape index (κ2) is 4.37. The Bertz CT molecular complexity index is 294. The van der Waals surface area contributed by atoms with Gasteiger partial charge in [0.1, 0.15) is 5.01 Å². The first-order valence-electron chi connectivity index (χ1n) is 4.28. The molecule has 0 aliphatic heterocycles. The van der Waals surface area contributed by atoms with Crippen molar-refractivity contribution in [3.63, 3.8) is 0 Å². The molecule has 1 heterocycles. The van der Waals surface area contributed by atoms with Crippen molar-refractivity contribution in [3.05, 3.63) is 16.1 Å². The van der Waals surface area contributed by atoms with Gasteiger partial charge in [-0.05, 0) is 20.8 Å². The Balaban J connectivity index is 2.45. The van der Waals surface area contributed by atoms with Gasteiger partial charge in [0.25, 0.3) is 0 Å². The smallest absolute Gasteiger partial charge is 0.227 e. The third-order valence-corrected chi connectivity index (χ3v) is 2.39. The molecule has 1 rings (SSSR count). The Hall–Kier alpha value is -0.900. The second-order valence-corrected chi connectivity index (χ2v) is 4.22. The maximum atomic E-state index is 11.3. The molecule has 1 N–H and O–H groups in total. The van der Waals surface area contributed by atoms with Crippen LogP contribution in [0.1, 0.15) is 24.5 Å². The summed E-state index contributed by atoms with van der Waals surface area (Å²) in [6.45, 7) is 5.83. The molecular formula is C9H14N2OS. The standard InChI is InChI=1S/C9H14N2OS/c1-6(2)10-8(12)4-9-11-7(3)5-13-9/h5-6H,4H2,1-3H3,(H,10,12). The van der Waals surface area contributed by atoms with Crippen molar-refractivity contribution >= 4 is 17.2 Å². The Labute approximate surface area is 82.2 Å². The minimum Gasteiger partial charge on any atom is -0.354 e. The molecule has 72 valence electrons. The van der Waals surface area contributed by atoms with Gasteiger partial charge in [0.15, 0.2) is 0 Å². The van der Waals surface area contributed by atoms with E-state index in [2.05, 4.69) is 10.3 Å². The Kier molecular flexibility index (Phi) is 3.42. The Morgan fingerprint density at radius 3 is 2.85 bits per heavy atom. The van der Waals surface area contributed by atoms with Crippen LogP contribution >= 0.6 is 11.3 Å². The number of thiazole rings is 1. The van der Waals surface area contributed by atoms with Crippen molar-refractivity contribution in [3.8, 4) is 0 Å². The summed E-state index contributed by atoms with van der Waals surface area (Å²) in [6.07, 6.45) is 0.399. The Morgan fingerprint density at radius 1 is 1.69 bits per heavy atom. The lowest BCUT2D eigenvalue weighted by atomic mass is 10.3. The van der Waals surface area contributed by atoms with Crippen LogP contribution in [0.2, 0.25) is 0 Å². The molecule has 1 aromatic rings. The highest BCUT2D eigenvalue weighted by atomic mass is 32.1. The molecule has 0 bridgehead atoms. The molecule has 0 saturated carbocycles. The zero-order chi connectivity index (χ0) is 9.84. The predicted octanol–water partition coefficient (Wildman–Crippen LogP) is 1.52. The largest absolute Gasteiger partial charge is 0.354 e. The highest BCUT2D eigenvalue weighted by Crippen LogP contribution is 2.08. The number of hydrogen-bond acceptors (Lipinski definition) is 3. The van der Waals surface area contributed by atoms with Crippen LogP contribution in [0.15, 0.2) is 5.38 Å². The summed E-state index contributed by atoms with van der Waals surface area (Å²) in [5.41, 5.74) is 0.984. The molecule has 0 aliphatic rings. The molecule has 4 heteroatoms. The fraction of sp³-hybridized carbons (Fsp3) is 0.556. The van der Waals surface area contributed by atoms with E-state index in [4.69, 9.17) is 0 Å². The van der Waals surface area contributed by atoms with E-state index in [-0.39, 0.29) is 11.9 Å². The van der Waals surface area contributed by atoms with Gasteiger partial charge in [0.2, 0.25) is 5.91 Å². The molecule has 0 radical (unpaired) electrons. The van der Waals surface area contributed by atoms with Gasteiger partial charge in [-0.25, -0.2) is 4.98 Å². The van der Waals surface area contributed by atoms with Crippen LogP contribution in [0.3, 0.4) is 0 Å². The number of amides is 1. The molecule has 3 nitrogen and oxygen atoms in total. The lowest BCUT2D eigenvalue weighted by Gasteiger charge is -2.06. The molecule has 0 spiro atoms. The topological polar surface area (TPSA) is 42.0 Å². The van der Waals surface area contributed by atoms with Gasteiger partial charge in [-0.3, -0.25) is 4.79 Å². The van der Waals surface area contributed by atoms with E-state index in [1.165, 1.54) is 11.3 Å². The van der Waals surface area contributed by atoms with Gasteiger partial charge in [-0.15, -0.1) is 11.3 Å². The number of aryl methyl sites for hydroxylation is 1. The summed E-state index contributed by atoms with van der Waals surface area (Å²) in [7, 11) is 0. The number of nitrogens with one attached hydrogen (secondary N) is 1. The van der Waals surface area contributed by atoms with Crippen LogP contribution in [0.5, 0.6) is 0 Å². The fourth-order valence-electron chi connectivity index (χ4n) is 0.994. The summed E-state index contributed by atoms with van der Waals surface area (Å²) in [5.74, 6) is 0.0457. The zero-order valence-corrected chi connectivity index (χ0v) is 8.94. The minimum absolute atomic E-state index is 0.0457. The number of hydrogen-bond donors (Lipinski definition) is 1. The lowest BCUT2D eigenvalue weighted by Crippen LogP contribution is -2.31. The first kappa shape index (κ1) is 10.2. The van der Waals surface area contributed by atoms with Crippen LogP contribution in [0, 0.1) is 6.92 Å². The van der Waals surface area contributed by atoms with Crippen LogP contribution in [0.4, 0.5) is 0 Å². The second-order valence-electron chi connectivity index (χ2n) is 3.28. The predicted molar refractivity (Wildman–Crippen MR) is 53.8 cm³/mol. The van der Waals surface area contributed by atoms with Crippen molar-refractivity contribution in [2.75, 3.05) is 0 Å². The molecular weight excluding hydrogens is 184 g/mol. The fourth-order valence-corrected chi connectivity index (χ4v) is 1.76. The highest BCUT2D eigenvalue weighted by molar-refractivity contribution is 7.09. The summed E-state index contributed by atoms with van der Waals surface area (Å²) in [5, 5.41) is 5.67. The normalized spacial score (nSPS) is 10.5. The van der Waals surface area contributed by atoms with Crippen molar-refractivity contribution in [2.45, 2.75) is 33.2 Å². The maximum absolute atomic E-state index is 11.3. The third-order valence-electron chi connectivity index (χ3n) is 1.43. The van der Waals surface area contributed by atoms with Gasteiger partial charge >= 0.3 is 0 Å². The summed E-state index contributed by atoms with van der Waals surface area (Å²) in [6, 6.07) is 0.202. The molecule has 0 unspecified atom stereocenters. The van der Waals surface area contributed by atoms with E-state index >= 15 is 0 Å². The monoisotopic (exact) mass is 198 g/mol. The van der Waals surface area contributed by atoms with Gasteiger partial charge in [0, 0.05) is 17.1 Å². The van der Waals surface area contributed by atoms with Crippen LogP contribution in [-0.4, -0.2) is 16.9 Å². The number of nitrogens with zero attached hydrogens (tertiary/aromatic N) is 1. The number of carbonyl (C=O) groups is 1. The minimum atomic E-state index is 0.0457. The number of carbonyl (C=O) groups excluding carboxylic acids is 1. The molecule has 0 fully saturated rings. The summed E-state index contributed by atoms with van der Waals surface area (Å²) in [4.78, 5) is 15.5. The van der Waals surface area contributed by atoms with Gasteiger partial charge in [0.05, 0.1) is 6.42 Å². The van der Waals surface area contributed by atoms with Crippen molar-refractivity contribution in [1.29, 1.82) is 0 Å². The highest BCUT2D eigenvalue weighted by Gasteiger charge is 2.06. The van der Waals surface area contributed by atoms with Crippen molar-refractivity contribution in [1.82, 2.24) is 10.3 Å². The van der Waals surface area contributed by atoms with Crippen LogP contribution in [0.25, 0.3) is 0 Å². The van der Waals surface area contributed by atoms with E-state index in [1.807, 2.05) is 26.2 Å². The summed E-state index contributed by atoms with van der Waals surface area (Å²) < 4.78 is 0. The van der Waals surface area contributed by atoms with Crippen molar-refractivity contribution in [2.24, 2.45) is 0 Å². The quantitative estimate of drug-likeness (QED) is 0.800. The van der Waals surface area contributed by atoms with E-state index in [0.717, 1.165) is 10.7 Å². The lowest BCUT2D eigenvalue weighted by molar-refractivity contribution is -0.120. The molecule has 1 aromatic heterocycles. The molecule has 13 heavy (non-hydrogen) atoms. The first-order chi connectivity index (χ1) is 6.08. The SMILES string of the molecule is Cc1csc(CC(=O)NC(C)C)n1. The number of aromatic nitrogens is 1. The van der Waals surface area contributed by atoms with Crippen molar-refractivity contribution < 1.29 is 4.79 Å². The average molecular weight is 198 g/mol. The third kappa shape index (κ3) is 3.55. The van der Waals surface area contributed by atoms with Crippen LogP contribution in [-0.2, 0) is 11.2 Å². The Morgan fingerprint density at radius 2 is 2.38 bits per heavy atom. The molecule has 0 saturated heterocycles. The molecule has 1 amide bonds. The van der Waals surface area contributed by atoms with Gasteiger partial charge < -0.3 is 5.32 Å². The maximum Gasteiger partial charge on any atom is 0.227 e. The van der Waals surface area contributed by atoms with E-state index in [1.54, 1.807) is 0 Å². The average Bonchev–Trinajstić information content (AvgIpc) is 2.33. The van der Waals surface area contributed by atoms with E-state index in [9.17, 15) is 4.79 Å². The number of rotatable bonds is 3.